The molecule has 0 saturated heterocycles. The van der Waals surface area contributed by atoms with Crippen molar-refractivity contribution in [3.8, 4) is 0 Å². The number of allylic oxidation sites excluding steroid dienone is 2. The van der Waals surface area contributed by atoms with E-state index in [0.717, 1.165) is 0 Å². The van der Waals surface area contributed by atoms with E-state index in [4.69, 9.17) is 0 Å². The Morgan fingerprint density at radius 3 is 1.55 bits per heavy atom. The summed E-state index contributed by atoms with van der Waals surface area (Å²) in [5, 5.41) is 0. The molecule has 0 saturated carbocycles. The molecule has 0 bridgehead atoms. The van der Waals surface area contributed by atoms with Gasteiger partial charge in [-0.25, -0.2) is 0 Å². The average Bonchev–Trinajstić information content (AvgIpc) is 3.12. The number of hydrogen-bond donors (Lipinski definition) is 0. The summed E-state index contributed by atoms with van der Waals surface area (Å²) in [6.07, 6.45) is 9.54. The molecule has 0 aliphatic heterocycles. The molecule has 2 aliphatic rings. The van der Waals surface area contributed by atoms with E-state index in [9.17, 15) is 0 Å². The van der Waals surface area contributed by atoms with Crippen LogP contribution in [0.15, 0.2) is 60.7 Å². The summed E-state index contributed by atoms with van der Waals surface area (Å²) in [6, 6.07) is 17.8. The van der Waals surface area contributed by atoms with Crippen LogP contribution >= 0.6 is 0 Å². The van der Waals surface area contributed by atoms with Crippen LogP contribution in [0.2, 0.25) is 13.1 Å². The third-order valence-corrected chi connectivity index (χ3v) is 9.41. The molecule has 0 fully saturated rings. The second-order valence-electron chi connectivity index (χ2n) is 6.75. The number of benzene rings is 2. The van der Waals surface area contributed by atoms with Crippen LogP contribution in [0.3, 0.4) is 0 Å². The molecule has 1 radical (unpaired) electrons. The van der Waals surface area contributed by atoms with Crippen molar-refractivity contribution in [3.05, 3.63) is 82.9 Å². The van der Waals surface area contributed by atoms with Gasteiger partial charge in [0.05, 0.1) is 8.07 Å². The first-order chi connectivity index (χ1) is 10.2. The Kier molecular flexibility index (Phi) is 4.08. The molecule has 2 aromatic rings. The molecule has 0 amide bonds. The molecule has 0 heterocycles. The summed E-state index contributed by atoms with van der Waals surface area (Å²) in [7, 11) is -1.51. The number of rotatable bonds is 2. The van der Waals surface area contributed by atoms with E-state index < -0.39 is 8.07 Å². The maximum atomic E-state index is 2.54. The Labute approximate surface area is 146 Å². The van der Waals surface area contributed by atoms with E-state index in [0.29, 0.717) is 11.1 Å². The standard InChI is InChI=1S/C20H20Si.Li/c1-21(2,19-13-11-15-7-3-5-9-17(15)19)20-14-12-16-8-4-6-10-18(16)20;/h3-14,19-20H,1-2H3;. The van der Waals surface area contributed by atoms with E-state index in [2.05, 4.69) is 85.9 Å². The number of fused-ring (bicyclic) bond motifs is 2. The van der Waals surface area contributed by atoms with Gasteiger partial charge in [-0.1, -0.05) is 85.9 Å². The molecular formula is C20H20LiSi. The van der Waals surface area contributed by atoms with Crippen LogP contribution in [0.5, 0.6) is 0 Å². The van der Waals surface area contributed by atoms with Gasteiger partial charge in [-0.15, -0.1) is 0 Å². The molecule has 0 N–H and O–H groups in total. The van der Waals surface area contributed by atoms with E-state index in [1.54, 1.807) is 0 Å². The molecule has 0 nitrogen and oxygen atoms in total. The van der Waals surface area contributed by atoms with Crippen molar-refractivity contribution in [2.75, 3.05) is 0 Å². The number of hydrogen-bond acceptors (Lipinski definition) is 0. The molecule has 2 atom stereocenters. The van der Waals surface area contributed by atoms with Gasteiger partial charge in [-0.05, 0) is 33.3 Å². The van der Waals surface area contributed by atoms with Crippen LogP contribution in [0, 0.1) is 0 Å². The molecule has 2 aliphatic carbocycles. The summed E-state index contributed by atoms with van der Waals surface area (Å²) in [4.78, 5) is 0. The van der Waals surface area contributed by atoms with Crippen LogP contribution in [0.25, 0.3) is 12.2 Å². The molecule has 2 aromatic carbocycles. The van der Waals surface area contributed by atoms with Crippen molar-refractivity contribution in [2.24, 2.45) is 0 Å². The van der Waals surface area contributed by atoms with Crippen LogP contribution in [-0.2, 0) is 0 Å². The third kappa shape index (κ3) is 2.29. The van der Waals surface area contributed by atoms with Crippen molar-refractivity contribution >= 4 is 39.1 Å². The normalized spacial score (nSPS) is 21.4. The molecule has 2 unspecified atom stereocenters. The van der Waals surface area contributed by atoms with Gasteiger partial charge in [0, 0.05) is 18.9 Å². The third-order valence-electron chi connectivity index (χ3n) is 5.20. The van der Waals surface area contributed by atoms with Crippen molar-refractivity contribution in [2.45, 2.75) is 24.2 Å². The van der Waals surface area contributed by atoms with Gasteiger partial charge in [0.15, 0.2) is 0 Å². The van der Waals surface area contributed by atoms with Gasteiger partial charge < -0.3 is 0 Å². The Hall–Kier alpha value is -1.27. The minimum Gasteiger partial charge on any atom is -0.0791 e. The quantitative estimate of drug-likeness (QED) is 0.683. The zero-order valence-corrected chi connectivity index (χ0v) is 14.6. The topological polar surface area (TPSA) is 0 Å². The van der Waals surface area contributed by atoms with Crippen molar-refractivity contribution < 1.29 is 0 Å². The van der Waals surface area contributed by atoms with Crippen LogP contribution in [0.4, 0.5) is 0 Å². The van der Waals surface area contributed by atoms with Crippen molar-refractivity contribution in [1.29, 1.82) is 0 Å². The summed E-state index contributed by atoms with van der Waals surface area (Å²) < 4.78 is 0. The monoisotopic (exact) mass is 295 g/mol. The summed E-state index contributed by atoms with van der Waals surface area (Å²) in [5.41, 5.74) is 7.14. The van der Waals surface area contributed by atoms with Crippen LogP contribution in [0.1, 0.15) is 33.3 Å². The smallest absolute Gasteiger partial charge is 0.0715 e. The fourth-order valence-corrected chi connectivity index (χ4v) is 7.69. The minimum atomic E-state index is -1.51. The summed E-state index contributed by atoms with van der Waals surface area (Å²) in [5.74, 6) is 0. The predicted molar refractivity (Wildman–Crippen MR) is 99.7 cm³/mol. The van der Waals surface area contributed by atoms with Gasteiger partial charge in [-0.3, -0.25) is 0 Å². The average molecular weight is 295 g/mol. The molecule has 105 valence electrons. The molecule has 4 rings (SSSR count). The fraction of sp³-hybridized carbons (Fsp3) is 0.200. The van der Waals surface area contributed by atoms with Gasteiger partial charge in [0.25, 0.3) is 0 Å². The van der Waals surface area contributed by atoms with E-state index in [-0.39, 0.29) is 18.9 Å². The first-order valence-corrected chi connectivity index (χ1v) is 10.9. The van der Waals surface area contributed by atoms with E-state index in [1.165, 1.54) is 22.3 Å². The van der Waals surface area contributed by atoms with Gasteiger partial charge >= 0.3 is 0 Å². The predicted octanol–water partition coefficient (Wildman–Crippen LogP) is 5.01. The zero-order chi connectivity index (χ0) is 14.4. The first-order valence-electron chi connectivity index (χ1n) is 7.72. The summed E-state index contributed by atoms with van der Waals surface area (Å²) >= 11 is 0. The maximum absolute atomic E-state index is 2.54. The minimum absolute atomic E-state index is 0. The molecular weight excluding hydrogens is 275 g/mol. The Morgan fingerprint density at radius 1 is 0.682 bits per heavy atom. The summed E-state index contributed by atoms with van der Waals surface area (Å²) in [6.45, 7) is 5.09. The first kappa shape index (κ1) is 15.6. The van der Waals surface area contributed by atoms with Crippen LogP contribution in [-0.4, -0.2) is 26.9 Å². The van der Waals surface area contributed by atoms with Crippen molar-refractivity contribution in [1.82, 2.24) is 0 Å². The largest absolute Gasteiger partial charge is 0.0791 e. The van der Waals surface area contributed by atoms with E-state index in [1.807, 2.05) is 0 Å². The SMILES string of the molecule is C[Si](C)(C1C=Cc2ccccc21)C1C=Cc2ccccc21.[Li]. The maximum Gasteiger partial charge on any atom is 0.0715 e. The molecule has 2 heteroatoms. The Balaban J connectivity index is 0.00000144. The fourth-order valence-electron chi connectivity index (χ4n) is 3.99. The van der Waals surface area contributed by atoms with Gasteiger partial charge in [0.1, 0.15) is 0 Å². The van der Waals surface area contributed by atoms with Gasteiger partial charge in [0.2, 0.25) is 0 Å². The van der Waals surface area contributed by atoms with Gasteiger partial charge in [-0.2, -0.15) is 0 Å². The zero-order valence-electron chi connectivity index (χ0n) is 13.6. The Morgan fingerprint density at radius 2 is 1.09 bits per heavy atom. The van der Waals surface area contributed by atoms with Crippen molar-refractivity contribution in [3.63, 3.8) is 0 Å². The second-order valence-corrected chi connectivity index (χ2v) is 11.6. The Bertz CT molecular complexity index is 694. The van der Waals surface area contributed by atoms with Crippen LogP contribution < -0.4 is 0 Å². The van der Waals surface area contributed by atoms with E-state index >= 15 is 0 Å². The molecule has 22 heavy (non-hydrogen) atoms. The molecule has 0 spiro atoms. The second kappa shape index (κ2) is 5.74. The molecule has 0 aromatic heterocycles.